The number of halogens is 1. The Morgan fingerprint density at radius 3 is 2.17 bits per heavy atom. The zero-order valence-electron chi connectivity index (χ0n) is 14.3. The van der Waals surface area contributed by atoms with Crippen LogP contribution >= 0.6 is 0 Å². The van der Waals surface area contributed by atoms with Crippen LogP contribution in [-0.2, 0) is 12.8 Å². The number of benzene rings is 2. The Morgan fingerprint density at radius 2 is 1.50 bits per heavy atom. The number of aryl methyl sites for hydroxylation is 2. The van der Waals surface area contributed by atoms with Gasteiger partial charge in [-0.05, 0) is 0 Å². The summed E-state index contributed by atoms with van der Waals surface area (Å²) >= 11 is 0.278. The molecule has 0 saturated carbocycles. The molecular formula is C22H23FSe. The summed E-state index contributed by atoms with van der Waals surface area (Å²) in [5.74, 6) is -0.107. The van der Waals surface area contributed by atoms with Crippen LogP contribution in [0.1, 0.15) is 36.7 Å². The number of hydrogen-bond donors (Lipinski definition) is 0. The van der Waals surface area contributed by atoms with Crippen LogP contribution in [0.25, 0.3) is 21.1 Å². The second kappa shape index (κ2) is 7.96. The molecule has 3 rings (SSSR count). The second-order valence-electron chi connectivity index (χ2n) is 6.16. The number of rotatable bonds is 6. The van der Waals surface area contributed by atoms with Crippen molar-refractivity contribution < 1.29 is 4.39 Å². The molecule has 0 aliphatic heterocycles. The van der Waals surface area contributed by atoms with E-state index in [1.807, 2.05) is 12.1 Å². The van der Waals surface area contributed by atoms with Gasteiger partial charge in [0.25, 0.3) is 0 Å². The molecule has 124 valence electrons. The molecule has 2 aromatic carbocycles. The van der Waals surface area contributed by atoms with E-state index < -0.39 is 0 Å². The van der Waals surface area contributed by atoms with Gasteiger partial charge in [0.15, 0.2) is 0 Å². The summed E-state index contributed by atoms with van der Waals surface area (Å²) in [6.07, 6.45) is 4.53. The van der Waals surface area contributed by atoms with E-state index in [1.54, 1.807) is 6.07 Å². The van der Waals surface area contributed by atoms with Crippen LogP contribution in [0.4, 0.5) is 4.39 Å². The van der Waals surface area contributed by atoms with Crippen LogP contribution in [0, 0.1) is 5.82 Å². The van der Waals surface area contributed by atoms with Crippen molar-refractivity contribution in [3.63, 3.8) is 0 Å². The normalized spacial score (nSPS) is 11.0. The molecule has 2 heteroatoms. The molecule has 3 aromatic rings. The van der Waals surface area contributed by atoms with Crippen LogP contribution in [0.2, 0.25) is 0 Å². The zero-order valence-corrected chi connectivity index (χ0v) is 16.0. The predicted molar refractivity (Wildman–Crippen MR) is 102 cm³/mol. The van der Waals surface area contributed by atoms with Crippen molar-refractivity contribution in [2.24, 2.45) is 0 Å². The Bertz CT molecular complexity index is 799. The van der Waals surface area contributed by atoms with Gasteiger partial charge in [0.2, 0.25) is 0 Å². The van der Waals surface area contributed by atoms with Gasteiger partial charge in [-0.2, -0.15) is 0 Å². The monoisotopic (exact) mass is 386 g/mol. The molecule has 0 bridgehead atoms. The third-order valence-corrected chi connectivity index (χ3v) is 6.69. The SMILES string of the molecule is CCCc1ccc(-c2ccc(-c3ccc(CCC)[se]3)c(F)c2)cc1. The molecule has 0 spiro atoms. The molecule has 0 amide bonds. The van der Waals surface area contributed by atoms with Crippen molar-refractivity contribution in [2.75, 3.05) is 0 Å². The van der Waals surface area contributed by atoms with E-state index in [0.29, 0.717) is 0 Å². The van der Waals surface area contributed by atoms with Crippen molar-refractivity contribution >= 4 is 14.5 Å². The third kappa shape index (κ3) is 3.88. The first kappa shape index (κ1) is 17.2. The maximum absolute atomic E-state index is 14.6. The van der Waals surface area contributed by atoms with Crippen molar-refractivity contribution in [3.05, 3.63) is 70.4 Å². The summed E-state index contributed by atoms with van der Waals surface area (Å²) in [5.41, 5.74) is 4.14. The van der Waals surface area contributed by atoms with Gasteiger partial charge in [0.05, 0.1) is 0 Å². The quantitative estimate of drug-likeness (QED) is 0.448. The van der Waals surface area contributed by atoms with Crippen LogP contribution in [0.3, 0.4) is 0 Å². The first-order valence-corrected chi connectivity index (χ1v) is 10.4. The van der Waals surface area contributed by atoms with Crippen LogP contribution in [0.15, 0.2) is 54.6 Å². The molecule has 0 fully saturated rings. The first-order chi connectivity index (χ1) is 11.7. The van der Waals surface area contributed by atoms with E-state index in [-0.39, 0.29) is 20.3 Å². The molecule has 0 atom stereocenters. The molecule has 1 aromatic heterocycles. The molecule has 0 unspecified atom stereocenters. The second-order valence-corrected chi connectivity index (χ2v) is 8.61. The van der Waals surface area contributed by atoms with Crippen LogP contribution in [0.5, 0.6) is 0 Å². The van der Waals surface area contributed by atoms with Gasteiger partial charge >= 0.3 is 150 Å². The summed E-state index contributed by atoms with van der Waals surface area (Å²) in [4.78, 5) is 0. The van der Waals surface area contributed by atoms with E-state index in [1.165, 1.54) is 10.0 Å². The molecular weight excluding hydrogens is 362 g/mol. The minimum absolute atomic E-state index is 0.107. The fourth-order valence-electron chi connectivity index (χ4n) is 2.95. The average molecular weight is 385 g/mol. The van der Waals surface area contributed by atoms with Gasteiger partial charge < -0.3 is 0 Å². The van der Waals surface area contributed by atoms with Gasteiger partial charge in [0, 0.05) is 0 Å². The van der Waals surface area contributed by atoms with E-state index in [0.717, 1.165) is 46.8 Å². The molecule has 1 heterocycles. The Labute approximate surface area is 150 Å². The first-order valence-electron chi connectivity index (χ1n) is 8.69. The Hall–Kier alpha value is -1.63. The Morgan fingerprint density at radius 1 is 0.792 bits per heavy atom. The van der Waals surface area contributed by atoms with Crippen molar-refractivity contribution in [3.8, 4) is 21.1 Å². The van der Waals surface area contributed by atoms with Crippen molar-refractivity contribution in [2.45, 2.75) is 39.5 Å². The third-order valence-electron chi connectivity index (χ3n) is 4.22. The predicted octanol–water partition coefficient (Wildman–Crippen LogP) is 6.12. The van der Waals surface area contributed by atoms with Gasteiger partial charge in [-0.25, -0.2) is 0 Å². The molecule has 0 radical (unpaired) electrons. The zero-order chi connectivity index (χ0) is 16.9. The summed E-state index contributed by atoms with van der Waals surface area (Å²) in [5, 5.41) is 0. The fourth-order valence-corrected chi connectivity index (χ4v) is 5.33. The van der Waals surface area contributed by atoms with Gasteiger partial charge in [-0.15, -0.1) is 0 Å². The molecule has 0 nitrogen and oxygen atoms in total. The molecule has 0 aliphatic rings. The van der Waals surface area contributed by atoms with Crippen LogP contribution in [-0.4, -0.2) is 14.5 Å². The summed E-state index contributed by atoms with van der Waals surface area (Å²) in [6.45, 7) is 4.37. The average Bonchev–Trinajstić information content (AvgIpc) is 3.04. The van der Waals surface area contributed by atoms with E-state index in [9.17, 15) is 4.39 Å². The molecule has 0 aliphatic carbocycles. The van der Waals surface area contributed by atoms with Crippen molar-refractivity contribution in [1.29, 1.82) is 0 Å². The van der Waals surface area contributed by atoms with Crippen LogP contribution < -0.4 is 0 Å². The molecule has 0 saturated heterocycles. The summed E-state index contributed by atoms with van der Waals surface area (Å²) in [7, 11) is 0. The Balaban J connectivity index is 1.86. The van der Waals surface area contributed by atoms with Gasteiger partial charge in [-0.1, -0.05) is 0 Å². The standard InChI is InChI=1S/C22H23FSe/c1-3-5-16-7-9-17(10-8-16)18-11-13-20(21(23)15-18)22-14-12-19(24-22)6-4-2/h7-15H,3-6H2,1-2H3. The van der Waals surface area contributed by atoms with E-state index in [2.05, 4.69) is 50.2 Å². The summed E-state index contributed by atoms with van der Waals surface area (Å²) < 4.78 is 17.3. The minimum atomic E-state index is -0.107. The summed E-state index contributed by atoms with van der Waals surface area (Å²) in [6, 6.07) is 18.4. The van der Waals surface area contributed by atoms with Gasteiger partial charge in [0.1, 0.15) is 0 Å². The fraction of sp³-hybridized carbons (Fsp3) is 0.273. The van der Waals surface area contributed by atoms with Gasteiger partial charge in [-0.3, -0.25) is 0 Å². The maximum atomic E-state index is 14.6. The molecule has 0 N–H and O–H groups in total. The van der Waals surface area contributed by atoms with E-state index in [4.69, 9.17) is 0 Å². The van der Waals surface area contributed by atoms with E-state index >= 15 is 0 Å². The Kier molecular flexibility index (Phi) is 5.71. The topological polar surface area (TPSA) is 0 Å². The van der Waals surface area contributed by atoms with Crippen molar-refractivity contribution in [1.82, 2.24) is 0 Å². The number of hydrogen-bond acceptors (Lipinski definition) is 0. The molecule has 24 heavy (non-hydrogen) atoms.